The lowest BCUT2D eigenvalue weighted by atomic mass is 9.91. The Morgan fingerprint density at radius 1 is 1.00 bits per heavy atom. The molecule has 0 aromatic carbocycles. The molecule has 1 saturated carbocycles. The fourth-order valence-electron chi connectivity index (χ4n) is 3.04. The van der Waals surface area contributed by atoms with Crippen molar-refractivity contribution in [3.8, 4) is 0 Å². The van der Waals surface area contributed by atoms with Gasteiger partial charge < -0.3 is 20.6 Å². The van der Waals surface area contributed by atoms with Gasteiger partial charge in [0.05, 0.1) is 6.54 Å². The largest absolute Gasteiger partial charge is 0.465 e. The molecule has 2 aliphatic rings. The van der Waals surface area contributed by atoms with Gasteiger partial charge in [-0.25, -0.2) is 4.79 Å². The van der Waals surface area contributed by atoms with Gasteiger partial charge in [0.1, 0.15) is 0 Å². The van der Waals surface area contributed by atoms with Gasteiger partial charge in [-0.3, -0.25) is 9.69 Å². The monoisotopic (exact) mass is 298 g/mol. The van der Waals surface area contributed by atoms with Gasteiger partial charge in [0.15, 0.2) is 0 Å². The minimum absolute atomic E-state index is 0.0354. The molecule has 3 N–H and O–H groups in total. The second kappa shape index (κ2) is 7.61. The quantitative estimate of drug-likeness (QED) is 0.676. The third kappa shape index (κ3) is 5.51. The Balaban J connectivity index is 1.64. The van der Waals surface area contributed by atoms with Gasteiger partial charge >= 0.3 is 6.09 Å². The molecule has 0 unspecified atom stereocenters. The van der Waals surface area contributed by atoms with Crippen LogP contribution in [0, 0.1) is 0 Å². The molecule has 1 heterocycles. The highest BCUT2D eigenvalue weighted by atomic mass is 16.4. The molecule has 0 bridgehead atoms. The third-order valence-electron chi connectivity index (χ3n) is 4.38. The summed E-state index contributed by atoms with van der Waals surface area (Å²) in [4.78, 5) is 27.1. The lowest BCUT2D eigenvalue weighted by Crippen LogP contribution is -2.50. The molecular weight excluding hydrogens is 272 g/mol. The maximum atomic E-state index is 12.0. The van der Waals surface area contributed by atoms with Crippen LogP contribution in [-0.2, 0) is 4.79 Å². The standard InChI is InChI=1S/C14H26N4O3/c1-17-6-8-18(9-7-17)10-13(19)15-11-2-4-12(5-3-11)16-14(20)21/h11-12,16H,2-10H2,1H3,(H,15,19)(H,20,21). The number of carbonyl (C=O) groups is 2. The van der Waals surface area contributed by atoms with Crippen molar-refractivity contribution in [2.75, 3.05) is 39.8 Å². The molecular formula is C14H26N4O3. The maximum absolute atomic E-state index is 12.0. The lowest BCUT2D eigenvalue weighted by Gasteiger charge is -2.33. The smallest absolute Gasteiger partial charge is 0.404 e. The van der Waals surface area contributed by atoms with Gasteiger partial charge in [-0.05, 0) is 32.7 Å². The van der Waals surface area contributed by atoms with Crippen LogP contribution in [0.3, 0.4) is 0 Å². The molecule has 1 saturated heterocycles. The van der Waals surface area contributed by atoms with E-state index in [4.69, 9.17) is 5.11 Å². The van der Waals surface area contributed by atoms with Crippen LogP contribution in [0.5, 0.6) is 0 Å². The molecule has 0 aromatic heterocycles. The molecule has 7 nitrogen and oxygen atoms in total. The summed E-state index contributed by atoms with van der Waals surface area (Å²) < 4.78 is 0. The predicted octanol–water partition coefficient (Wildman–Crippen LogP) is -0.0712. The van der Waals surface area contributed by atoms with E-state index in [0.717, 1.165) is 51.9 Å². The number of nitrogens with zero attached hydrogens (tertiary/aromatic N) is 2. The first-order valence-corrected chi connectivity index (χ1v) is 7.72. The second-order valence-electron chi connectivity index (χ2n) is 6.14. The number of nitrogens with one attached hydrogen (secondary N) is 2. The zero-order chi connectivity index (χ0) is 15.2. The van der Waals surface area contributed by atoms with Crippen molar-refractivity contribution in [1.82, 2.24) is 20.4 Å². The van der Waals surface area contributed by atoms with Crippen molar-refractivity contribution >= 4 is 12.0 Å². The predicted molar refractivity (Wildman–Crippen MR) is 79.3 cm³/mol. The van der Waals surface area contributed by atoms with Crippen LogP contribution in [0.1, 0.15) is 25.7 Å². The van der Waals surface area contributed by atoms with Crippen molar-refractivity contribution in [3.63, 3.8) is 0 Å². The minimum Gasteiger partial charge on any atom is -0.465 e. The van der Waals surface area contributed by atoms with Gasteiger partial charge in [-0.2, -0.15) is 0 Å². The molecule has 7 heteroatoms. The molecule has 0 spiro atoms. The van der Waals surface area contributed by atoms with Crippen LogP contribution < -0.4 is 10.6 Å². The van der Waals surface area contributed by atoms with E-state index in [1.807, 2.05) is 0 Å². The normalized spacial score (nSPS) is 28.0. The summed E-state index contributed by atoms with van der Waals surface area (Å²) in [6.45, 7) is 4.39. The van der Waals surface area contributed by atoms with Crippen LogP contribution in [0.15, 0.2) is 0 Å². The van der Waals surface area contributed by atoms with E-state index < -0.39 is 6.09 Å². The fourth-order valence-corrected chi connectivity index (χ4v) is 3.04. The Hall–Kier alpha value is -1.34. The van der Waals surface area contributed by atoms with E-state index in [9.17, 15) is 9.59 Å². The van der Waals surface area contributed by atoms with E-state index in [-0.39, 0.29) is 18.0 Å². The minimum atomic E-state index is -0.961. The molecule has 120 valence electrons. The molecule has 1 aliphatic carbocycles. The van der Waals surface area contributed by atoms with Crippen molar-refractivity contribution in [3.05, 3.63) is 0 Å². The number of amides is 2. The van der Waals surface area contributed by atoms with E-state index >= 15 is 0 Å². The van der Waals surface area contributed by atoms with Crippen LogP contribution >= 0.6 is 0 Å². The van der Waals surface area contributed by atoms with Gasteiger partial charge in [-0.15, -0.1) is 0 Å². The summed E-state index contributed by atoms with van der Waals surface area (Å²) in [6.07, 6.45) is 2.33. The van der Waals surface area contributed by atoms with Gasteiger partial charge in [0.25, 0.3) is 0 Å². The Labute approximate surface area is 125 Å². The first-order chi connectivity index (χ1) is 10.0. The summed E-state index contributed by atoms with van der Waals surface area (Å²) in [5.41, 5.74) is 0. The lowest BCUT2D eigenvalue weighted by molar-refractivity contribution is -0.123. The van der Waals surface area contributed by atoms with E-state index in [1.165, 1.54) is 0 Å². The molecule has 0 aromatic rings. The topological polar surface area (TPSA) is 84.9 Å². The molecule has 2 fully saturated rings. The highest BCUT2D eigenvalue weighted by Crippen LogP contribution is 2.18. The summed E-state index contributed by atoms with van der Waals surface area (Å²) in [6, 6.07) is 0.227. The Kier molecular flexibility index (Phi) is 5.81. The van der Waals surface area contributed by atoms with E-state index in [1.54, 1.807) is 0 Å². The van der Waals surface area contributed by atoms with Crippen molar-refractivity contribution < 1.29 is 14.7 Å². The Bertz CT molecular complexity index is 361. The highest BCUT2D eigenvalue weighted by Gasteiger charge is 2.24. The highest BCUT2D eigenvalue weighted by molar-refractivity contribution is 5.78. The SMILES string of the molecule is CN1CCN(CC(=O)NC2CCC(NC(=O)O)CC2)CC1. The summed E-state index contributed by atoms with van der Waals surface area (Å²) in [5.74, 6) is 0.0918. The number of hydrogen-bond acceptors (Lipinski definition) is 4. The van der Waals surface area contributed by atoms with Crippen molar-refractivity contribution in [1.29, 1.82) is 0 Å². The average Bonchev–Trinajstić information content (AvgIpc) is 2.43. The average molecular weight is 298 g/mol. The van der Waals surface area contributed by atoms with Crippen LogP contribution in [0.2, 0.25) is 0 Å². The molecule has 0 radical (unpaired) electrons. The van der Waals surface area contributed by atoms with Crippen molar-refractivity contribution in [2.45, 2.75) is 37.8 Å². The third-order valence-corrected chi connectivity index (χ3v) is 4.38. The summed E-state index contributed by atoms with van der Waals surface area (Å²) in [5, 5.41) is 14.3. The number of carbonyl (C=O) groups excluding carboxylic acids is 1. The van der Waals surface area contributed by atoms with Gasteiger partial charge in [0.2, 0.25) is 5.91 Å². The Morgan fingerprint density at radius 3 is 2.05 bits per heavy atom. The summed E-state index contributed by atoms with van der Waals surface area (Å²) in [7, 11) is 2.10. The first-order valence-electron chi connectivity index (χ1n) is 7.72. The Morgan fingerprint density at radius 2 is 1.52 bits per heavy atom. The number of piperazine rings is 1. The second-order valence-corrected chi connectivity index (χ2v) is 6.14. The van der Waals surface area contributed by atoms with Crippen LogP contribution in [0.25, 0.3) is 0 Å². The molecule has 1 aliphatic heterocycles. The van der Waals surface area contributed by atoms with E-state index in [2.05, 4.69) is 27.5 Å². The molecule has 2 rings (SSSR count). The maximum Gasteiger partial charge on any atom is 0.404 e. The number of rotatable bonds is 4. The van der Waals surface area contributed by atoms with Crippen LogP contribution in [0.4, 0.5) is 4.79 Å². The number of likely N-dealkylation sites (N-methyl/N-ethyl adjacent to an activating group) is 1. The van der Waals surface area contributed by atoms with Gasteiger partial charge in [0, 0.05) is 38.3 Å². The number of carboxylic acid groups (broad SMARTS) is 1. The summed E-state index contributed by atoms with van der Waals surface area (Å²) >= 11 is 0. The molecule has 0 atom stereocenters. The van der Waals surface area contributed by atoms with Crippen LogP contribution in [-0.4, -0.2) is 78.8 Å². The van der Waals surface area contributed by atoms with Crippen molar-refractivity contribution in [2.24, 2.45) is 0 Å². The molecule has 2 amide bonds. The number of hydrogen-bond donors (Lipinski definition) is 3. The zero-order valence-corrected chi connectivity index (χ0v) is 12.7. The first kappa shape index (κ1) is 16.0. The van der Waals surface area contributed by atoms with E-state index in [0.29, 0.717) is 6.54 Å². The van der Waals surface area contributed by atoms with Gasteiger partial charge in [-0.1, -0.05) is 0 Å². The zero-order valence-electron chi connectivity index (χ0n) is 12.7. The fraction of sp³-hybridized carbons (Fsp3) is 0.857. The molecule has 21 heavy (non-hydrogen) atoms.